The average Bonchev–Trinajstić information content (AvgIpc) is 3.40. The molecule has 0 aliphatic heterocycles. The van der Waals surface area contributed by atoms with Crippen molar-refractivity contribution in [2.75, 3.05) is 42.7 Å². The Morgan fingerprint density at radius 3 is 1.58 bits per heavy atom. The first kappa shape index (κ1) is 30.1. The largest absolute Gasteiger partial charge is 0.497 e. The molecule has 43 heavy (non-hydrogen) atoms. The van der Waals surface area contributed by atoms with Crippen molar-refractivity contribution in [2.45, 2.75) is 22.8 Å². The van der Waals surface area contributed by atoms with Crippen molar-refractivity contribution in [3.63, 3.8) is 0 Å². The van der Waals surface area contributed by atoms with Crippen LogP contribution < -0.4 is 28.4 Å². The molecule has 1 aliphatic rings. The lowest BCUT2D eigenvalue weighted by atomic mass is 9.81. The van der Waals surface area contributed by atoms with Gasteiger partial charge in [0.2, 0.25) is 0 Å². The molecule has 0 saturated carbocycles. The molecule has 5 rings (SSSR count). The molecule has 0 fully saturated rings. The van der Waals surface area contributed by atoms with Gasteiger partial charge in [0, 0.05) is 29.5 Å². The molecule has 0 radical (unpaired) electrons. The smallest absolute Gasteiger partial charge is 0.162 e. The van der Waals surface area contributed by atoms with E-state index in [4.69, 9.17) is 28.4 Å². The van der Waals surface area contributed by atoms with Crippen molar-refractivity contribution in [3.8, 4) is 34.5 Å². The van der Waals surface area contributed by atoms with Gasteiger partial charge in [0.1, 0.15) is 34.5 Å². The van der Waals surface area contributed by atoms with E-state index in [1.54, 1.807) is 79.1 Å². The molecule has 226 valence electrons. The fraction of sp³-hybridized carbons (Fsp3) is 0.294. The second-order valence-electron chi connectivity index (χ2n) is 10.3. The van der Waals surface area contributed by atoms with Crippen LogP contribution in [0.1, 0.15) is 44.9 Å². The third-order valence-electron chi connectivity index (χ3n) is 8.05. The van der Waals surface area contributed by atoms with Gasteiger partial charge in [-0.05, 0) is 64.7 Å². The maximum Gasteiger partial charge on any atom is 0.162 e. The van der Waals surface area contributed by atoms with Crippen LogP contribution in [0, 0.1) is 0 Å². The normalized spacial score (nSPS) is 17.6. The van der Waals surface area contributed by atoms with Crippen LogP contribution in [-0.4, -0.2) is 51.1 Å². The van der Waals surface area contributed by atoms with E-state index in [1.807, 2.05) is 42.5 Å². The molecule has 2 unspecified atom stereocenters. The third-order valence-corrected chi connectivity index (χ3v) is 10.1. The highest BCUT2D eigenvalue weighted by atomic mass is 32.2. The number of hydrogen-bond acceptors (Lipinski definition) is 8. The number of sulfone groups is 1. The molecule has 8 nitrogen and oxygen atoms in total. The minimum atomic E-state index is -3.83. The Bertz CT molecular complexity index is 1660. The third kappa shape index (κ3) is 5.82. The maximum absolute atomic E-state index is 14.7. The zero-order chi connectivity index (χ0) is 30.7. The monoisotopic (exact) mass is 604 g/mol. The highest BCUT2D eigenvalue weighted by Crippen LogP contribution is 2.61. The number of methoxy groups -OCH3 is 6. The summed E-state index contributed by atoms with van der Waals surface area (Å²) in [4.78, 5) is 0. The van der Waals surface area contributed by atoms with Crippen molar-refractivity contribution in [1.82, 2.24) is 0 Å². The summed E-state index contributed by atoms with van der Waals surface area (Å²) in [6.45, 7) is 0. The first-order valence-electron chi connectivity index (χ1n) is 13.7. The highest BCUT2D eigenvalue weighted by molar-refractivity contribution is 7.91. The molecule has 1 aliphatic carbocycles. The lowest BCUT2D eigenvalue weighted by Crippen LogP contribution is -2.21. The SMILES string of the molecule is COc1ccc(CS(=O)(=O)C2c3cc(OC)cc(OC)c3[C@H](c3cc(OC)cc(OC)c3)C2c2ccc(OC)cc2)cc1. The van der Waals surface area contributed by atoms with Crippen molar-refractivity contribution in [2.24, 2.45) is 0 Å². The van der Waals surface area contributed by atoms with Gasteiger partial charge in [0.05, 0.1) is 53.7 Å². The first-order chi connectivity index (χ1) is 20.8. The fourth-order valence-corrected chi connectivity index (χ4v) is 8.24. The Morgan fingerprint density at radius 1 is 0.558 bits per heavy atom. The second kappa shape index (κ2) is 12.5. The molecule has 0 bridgehead atoms. The topological polar surface area (TPSA) is 89.5 Å². The zero-order valence-corrected chi connectivity index (χ0v) is 25.9. The number of rotatable bonds is 11. The van der Waals surface area contributed by atoms with Gasteiger partial charge in [0.25, 0.3) is 0 Å². The quantitative estimate of drug-likeness (QED) is 0.196. The fourth-order valence-electron chi connectivity index (χ4n) is 6.06. The molecular formula is C34H36O8S. The summed E-state index contributed by atoms with van der Waals surface area (Å²) in [6.07, 6.45) is 0. The average molecular weight is 605 g/mol. The summed E-state index contributed by atoms with van der Waals surface area (Å²) in [5.41, 5.74) is 3.76. The summed E-state index contributed by atoms with van der Waals surface area (Å²) in [6, 6.07) is 23.9. The Labute approximate surface area is 253 Å². The molecule has 0 spiro atoms. The maximum atomic E-state index is 14.7. The molecule has 0 saturated heterocycles. The second-order valence-corrected chi connectivity index (χ2v) is 12.5. The van der Waals surface area contributed by atoms with Crippen LogP contribution in [0.4, 0.5) is 0 Å². The van der Waals surface area contributed by atoms with Crippen LogP contribution in [0.15, 0.2) is 78.9 Å². The Hall–Kier alpha value is -4.37. The molecule has 0 heterocycles. The van der Waals surface area contributed by atoms with Gasteiger partial charge in [-0.3, -0.25) is 0 Å². The summed E-state index contributed by atoms with van der Waals surface area (Å²) < 4.78 is 62.8. The van der Waals surface area contributed by atoms with Crippen molar-refractivity contribution in [3.05, 3.63) is 107 Å². The number of benzene rings is 4. The lowest BCUT2D eigenvalue weighted by Gasteiger charge is -2.27. The Morgan fingerprint density at radius 2 is 1.07 bits per heavy atom. The van der Waals surface area contributed by atoms with Gasteiger partial charge < -0.3 is 28.4 Å². The van der Waals surface area contributed by atoms with Crippen molar-refractivity contribution in [1.29, 1.82) is 0 Å². The van der Waals surface area contributed by atoms with Crippen molar-refractivity contribution < 1.29 is 36.8 Å². The molecular weight excluding hydrogens is 568 g/mol. The molecule has 9 heteroatoms. The van der Waals surface area contributed by atoms with Crippen LogP contribution in [0.25, 0.3) is 0 Å². The molecule has 4 aromatic carbocycles. The Balaban J connectivity index is 1.79. The van der Waals surface area contributed by atoms with Gasteiger partial charge in [-0.15, -0.1) is 0 Å². The van der Waals surface area contributed by atoms with E-state index in [1.165, 1.54) is 0 Å². The first-order valence-corrected chi connectivity index (χ1v) is 15.5. The Kier molecular flexibility index (Phi) is 8.73. The van der Waals surface area contributed by atoms with Gasteiger partial charge in [0.15, 0.2) is 9.84 Å². The predicted octanol–water partition coefficient (Wildman–Crippen LogP) is 6.32. The van der Waals surface area contributed by atoms with E-state index in [-0.39, 0.29) is 5.75 Å². The van der Waals surface area contributed by atoms with Gasteiger partial charge in [-0.1, -0.05) is 24.3 Å². The predicted molar refractivity (Wildman–Crippen MR) is 165 cm³/mol. The van der Waals surface area contributed by atoms with E-state index in [0.717, 1.165) is 16.7 Å². The highest BCUT2D eigenvalue weighted by Gasteiger charge is 2.50. The van der Waals surface area contributed by atoms with Crippen LogP contribution in [0.2, 0.25) is 0 Å². The molecule has 4 aromatic rings. The standard InChI is InChI=1S/C34H36O8S/c1-37-24-11-7-21(8-12-24)20-43(35,36)34-29-18-28(41-5)19-30(42-6)33(29)31(23-15-26(39-3)17-27(16-23)40-4)32(34)22-9-13-25(38-2)14-10-22/h7-19,31-32,34H,20H2,1-6H3/t31-,32?,34?/m1/s1. The van der Waals surface area contributed by atoms with E-state index in [2.05, 4.69) is 0 Å². The number of hydrogen-bond donors (Lipinski definition) is 0. The lowest BCUT2D eigenvalue weighted by molar-refractivity contribution is 0.388. The molecule has 0 aromatic heterocycles. The summed E-state index contributed by atoms with van der Waals surface area (Å²) in [7, 11) is 5.68. The van der Waals surface area contributed by atoms with Crippen LogP contribution in [0.3, 0.4) is 0 Å². The minimum absolute atomic E-state index is 0.165. The van der Waals surface area contributed by atoms with E-state index < -0.39 is 26.9 Å². The number of fused-ring (bicyclic) bond motifs is 1. The molecule has 3 atom stereocenters. The van der Waals surface area contributed by atoms with Crippen LogP contribution in [-0.2, 0) is 15.6 Å². The molecule has 0 N–H and O–H groups in total. The van der Waals surface area contributed by atoms with E-state index in [0.29, 0.717) is 45.6 Å². The van der Waals surface area contributed by atoms with Gasteiger partial charge in [-0.2, -0.15) is 0 Å². The zero-order valence-electron chi connectivity index (χ0n) is 25.1. The van der Waals surface area contributed by atoms with Crippen molar-refractivity contribution >= 4 is 9.84 Å². The summed E-state index contributed by atoms with van der Waals surface area (Å²) in [5, 5.41) is -0.927. The van der Waals surface area contributed by atoms with E-state index >= 15 is 0 Å². The number of ether oxygens (including phenoxy) is 6. The minimum Gasteiger partial charge on any atom is -0.497 e. The summed E-state index contributed by atoms with van der Waals surface area (Å²) >= 11 is 0. The molecule has 0 amide bonds. The van der Waals surface area contributed by atoms with Crippen LogP contribution in [0.5, 0.6) is 34.5 Å². The van der Waals surface area contributed by atoms with E-state index in [9.17, 15) is 8.42 Å². The summed E-state index contributed by atoms with van der Waals surface area (Å²) in [5.74, 6) is 2.47. The van der Waals surface area contributed by atoms with Gasteiger partial charge >= 0.3 is 0 Å². The van der Waals surface area contributed by atoms with Crippen LogP contribution >= 0.6 is 0 Å². The van der Waals surface area contributed by atoms with Gasteiger partial charge in [-0.25, -0.2) is 8.42 Å².